The molecule has 110 valence electrons. The quantitative estimate of drug-likeness (QED) is 0.789. The van der Waals surface area contributed by atoms with Crippen LogP contribution < -0.4 is 5.32 Å². The van der Waals surface area contributed by atoms with Gasteiger partial charge < -0.3 is 10.2 Å². The van der Waals surface area contributed by atoms with Gasteiger partial charge in [0.2, 0.25) is 11.8 Å². The van der Waals surface area contributed by atoms with Crippen LogP contribution in [0.15, 0.2) is 0 Å². The first kappa shape index (κ1) is 15.9. The van der Waals surface area contributed by atoms with Crippen LogP contribution in [0.2, 0.25) is 0 Å². The van der Waals surface area contributed by atoms with E-state index >= 15 is 0 Å². The SMILES string of the molecule is CC1(C)NC(=O)CCN(CC(C)(C)S(C)(=O)=O)C1=O. The fraction of sp³-hybridized carbons (Fsp3) is 0.833. The van der Waals surface area contributed by atoms with Crippen molar-refractivity contribution in [3.63, 3.8) is 0 Å². The molecule has 0 aliphatic carbocycles. The van der Waals surface area contributed by atoms with Gasteiger partial charge in [-0.2, -0.15) is 0 Å². The second-order valence-corrected chi connectivity index (χ2v) is 8.83. The fourth-order valence-corrected chi connectivity index (χ4v) is 2.32. The van der Waals surface area contributed by atoms with E-state index < -0.39 is 20.1 Å². The third-order valence-corrected chi connectivity index (χ3v) is 5.59. The molecule has 1 saturated heterocycles. The lowest BCUT2D eigenvalue weighted by Gasteiger charge is -2.34. The Kier molecular flexibility index (Phi) is 4.01. The summed E-state index contributed by atoms with van der Waals surface area (Å²) < 4.78 is 22.4. The van der Waals surface area contributed by atoms with Crippen LogP contribution in [0.4, 0.5) is 0 Å². The second-order valence-electron chi connectivity index (χ2n) is 6.18. The smallest absolute Gasteiger partial charge is 0.247 e. The largest absolute Gasteiger partial charge is 0.342 e. The minimum absolute atomic E-state index is 0.0864. The van der Waals surface area contributed by atoms with Gasteiger partial charge in [-0.25, -0.2) is 8.42 Å². The number of hydrogen-bond acceptors (Lipinski definition) is 4. The molecule has 1 rings (SSSR count). The molecule has 0 radical (unpaired) electrons. The maximum absolute atomic E-state index is 12.3. The van der Waals surface area contributed by atoms with Crippen LogP contribution in [-0.4, -0.2) is 54.8 Å². The van der Waals surface area contributed by atoms with Gasteiger partial charge in [-0.3, -0.25) is 9.59 Å². The summed E-state index contributed by atoms with van der Waals surface area (Å²) in [4.78, 5) is 25.3. The van der Waals surface area contributed by atoms with Crippen LogP contribution in [0, 0.1) is 0 Å². The van der Waals surface area contributed by atoms with E-state index in [0.29, 0.717) is 0 Å². The summed E-state index contributed by atoms with van der Waals surface area (Å²) in [5, 5.41) is 2.64. The van der Waals surface area contributed by atoms with E-state index in [1.807, 2.05) is 0 Å². The topological polar surface area (TPSA) is 83.6 Å². The maximum Gasteiger partial charge on any atom is 0.247 e. The molecule has 0 spiro atoms. The number of rotatable bonds is 3. The summed E-state index contributed by atoms with van der Waals surface area (Å²) in [5.74, 6) is -0.451. The van der Waals surface area contributed by atoms with Gasteiger partial charge in [-0.1, -0.05) is 0 Å². The molecule has 1 aliphatic rings. The fourth-order valence-electron chi connectivity index (χ4n) is 1.93. The molecule has 0 bridgehead atoms. The van der Waals surface area contributed by atoms with Crippen molar-refractivity contribution in [2.75, 3.05) is 19.3 Å². The Hall–Kier alpha value is -1.11. The standard InChI is InChI=1S/C12H22N2O4S/c1-11(2,19(5,17)18)8-14-7-6-9(15)13-12(3,4)10(14)16/h6-8H2,1-5H3,(H,13,15). The van der Waals surface area contributed by atoms with Crippen molar-refractivity contribution < 1.29 is 18.0 Å². The lowest BCUT2D eigenvalue weighted by molar-refractivity contribution is -0.137. The third kappa shape index (κ3) is 3.46. The summed E-state index contributed by atoms with van der Waals surface area (Å²) in [6, 6.07) is 0. The Balaban J connectivity index is 3.01. The lowest BCUT2D eigenvalue weighted by Crippen LogP contribution is -2.55. The van der Waals surface area contributed by atoms with Crippen molar-refractivity contribution in [1.29, 1.82) is 0 Å². The predicted molar refractivity (Wildman–Crippen MR) is 72.3 cm³/mol. The molecule has 1 fully saturated rings. The molecular formula is C12H22N2O4S. The van der Waals surface area contributed by atoms with Crippen LogP contribution in [-0.2, 0) is 19.4 Å². The van der Waals surface area contributed by atoms with Gasteiger partial charge in [-0.15, -0.1) is 0 Å². The summed E-state index contributed by atoms with van der Waals surface area (Å²) in [7, 11) is -3.29. The minimum Gasteiger partial charge on any atom is -0.342 e. The Morgan fingerprint density at radius 1 is 1.32 bits per heavy atom. The molecule has 0 aromatic rings. The van der Waals surface area contributed by atoms with E-state index in [1.165, 1.54) is 4.90 Å². The van der Waals surface area contributed by atoms with E-state index in [9.17, 15) is 18.0 Å². The van der Waals surface area contributed by atoms with E-state index in [4.69, 9.17) is 0 Å². The van der Waals surface area contributed by atoms with E-state index in [0.717, 1.165) is 6.26 Å². The zero-order valence-corrected chi connectivity index (χ0v) is 12.9. The zero-order chi connectivity index (χ0) is 15.1. The van der Waals surface area contributed by atoms with Crippen LogP contribution in [0.25, 0.3) is 0 Å². The molecular weight excluding hydrogens is 268 g/mol. The third-order valence-electron chi connectivity index (χ3n) is 3.46. The highest BCUT2D eigenvalue weighted by molar-refractivity contribution is 7.92. The Labute approximate surface area is 114 Å². The number of hydrogen-bond donors (Lipinski definition) is 1. The number of nitrogens with zero attached hydrogens (tertiary/aromatic N) is 1. The van der Waals surface area contributed by atoms with Crippen molar-refractivity contribution in [3.05, 3.63) is 0 Å². The van der Waals surface area contributed by atoms with Crippen molar-refractivity contribution in [3.8, 4) is 0 Å². The normalized spacial score (nSPS) is 21.0. The second kappa shape index (κ2) is 4.77. The molecule has 1 aliphatic heterocycles. The number of carbonyl (C=O) groups is 2. The van der Waals surface area contributed by atoms with Crippen molar-refractivity contribution >= 4 is 21.7 Å². The first-order valence-corrected chi connectivity index (χ1v) is 8.06. The molecule has 0 aromatic heterocycles. The lowest BCUT2D eigenvalue weighted by atomic mass is 10.0. The van der Waals surface area contributed by atoms with Crippen LogP contribution in [0.1, 0.15) is 34.1 Å². The summed E-state index contributed by atoms with van der Waals surface area (Å²) >= 11 is 0. The highest BCUT2D eigenvalue weighted by Gasteiger charge is 2.40. The monoisotopic (exact) mass is 290 g/mol. The van der Waals surface area contributed by atoms with E-state index in [2.05, 4.69) is 5.32 Å². The summed E-state index contributed by atoms with van der Waals surface area (Å²) in [6.45, 7) is 6.75. The van der Waals surface area contributed by atoms with E-state index in [-0.39, 0.29) is 31.3 Å². The van der Waals surface area contributed by atoms with Gasteiger partial charge in [0.05, 0.1) is 4.75 Å². The molecule has 7 heteroatoms. The van der Waals surface area contributed by atoms with E-state index in [1.54, 1.807) is 27.7 Å². The Bertz CT molecular complexity index is 494. The summed E-state index contributed by atoms with van der Waals surface area (Å²) in [5.41, 5.74) is -0.999. The number of amides is 2. The molecule has 0 atom stereocenters. The molecule has 0 saturated carbocycles. The zero-order valence-electron chi connectivity index (χ0n) is 12.1. The molecule has 19 heavy (non-hydrogen) atoms. The average Bonchev–Trinajstić information content (AvgIpc) is 2.27. The van der Waals surface area contributed by atoms with Gasteiger partial charge in [-0.05, 0) is 27.7 Å². The Morgan fingerprint density at radius 3 is 2.32 bits per heavy atom. The molecule has 1 N–H and O–H groups in total. The number of nitrogens with one attached hydrogen (secondary N) is 1. The molecule has 6 nitrogen and oxygen atoms in total. The minimum atomic E-state index is -3.29. The molecule has 0 unspecified atom stereocenters. The van der Waals surface area contributed by atoms with Crippen molar-refractivity contribution in [2.24, 2.45) is 0 Å². The van der Waals surface area contributed by atoms with Crippen molar-refractivity contribution in [2.45, 2.75) is 44.4 Å². The number of carbonyl (C=O) groups excluding carboxylic acids is 2. The molecule has 1 heterocycles. The molecule has 2 amide bonds. The molecule has 0 aromatic carbocycles. The maximum atomic E-state index is 12.3. The highest BCUT2D eigenvalue weighted by atomic mass is 32.2. The van der Waals surface area contributed by atoms with Crippen LogP contribution in [0.5, 0.6) is 0 Å². The van der Waals surface area contributed by atoms with Crippen molar-refractivity contribution in [1.82, 2.24) is 10.2 Å². The van der Waals surface area contributed by atoms with Gasteiger partial charge in [0, 0.05) is 25.8 Å². The summed E-state index contributed by atoms with van der Waals surface area (Å²) in [6.07, 6.45) is 1.35. The van der Waals surface area contributed by atoms with Crippen LogP contribution >= 0.6 is 0 Å². The first-order chi connectivity index (χ1) is 8.37. The van der Waals surface area contributed by atoms with Crippen LogP contribution in [0.3, 0.4) is 0 Å². The van der Waals surface area contributed by atoms with Gasteiger partial charge in [0.25, 0.3) is 0 Å². The van der Waals surface area contributed by atoms with Gasteiger partial charge >= 0.3 is 0 Å². The van der Waals surface area contributed by atoms with Gasteiger partial charge in [0.1, 0.15) is 5.54 Å². The Morgan fingerprint density at radius 2 is 1.84 bits per heavy atom. The first-order valence-electron chi connectivity index (χ1n) is 6.17. The average molecular weight is 290 g/mol. The van der Waals surface area contributed by atoms with Gasteiger partial charge in [0.15, 0.2) is 9.84 Å². The number of sulfone groups is 1. The predicted octanol–water partition coefficient (Wildman–Crippen LogP) is -0.0633. The highest BCUT2D eigenvalue weighted by Crippen LogP contribution is 2.21.